The monoisotopic (exact) mass is 450 g/mol. The lowest BCUT2D eigenvalue weighted by molar-refractivity contribution is -0.156. The highest BCUT2D eigenvalue weighted by Crippen LogP contribution is 2.59. The number of cyclic esters (lactones) is 4. The highest BCUT2D eigenvalue weighted by molar-refractivity contribution is 8.00. The fourth-order valence-electron chi connectivity index (χ4n) is 7.45. The second-order valence-electron chi connectivity index (χ2n) is 9.90. The summed E-state index contributed by atoms with van der Waals surface area (Å²) in [4.78, 5) is 47.7. The molecular weight excluding hydrogens is 424 g/mol. The molecule has 8 heteroatoms. The number of rotatable bonds is 7. The van der Waals surface area contributed by atoms with Gasteiger partial charge >= 0.3 is 23.9 Å². The average Bonchev–Trinajstić information content (AvgIpc) is 3.51. The van der Waals surface area contributed by atoms with Crippen molar-refractivity contribution in [3.63, 3.8) is 0 Å². The minimum Gasteiger partial charge on any atom is -0.393 e. The number of fused-ring (bicyclic) bond motifs is 10. The molecule has 0 radical (unpaired) electrons. The first-order valence-electron chi connectivity index (χ1n) is 11.3. The number of esters is 4. The summed E-state index contributed by atoms with van der Waals surface area (Å²) in [7, 11) is 0. The van der Waals surface area contributed by atoms with E-state index in [9.17, 15) is 19.2 Å². The van der Waals surface area contributed by atoms with Crippen LogP contribution in [0.3, 0.4) is 0 Å². The molecule has 162 valence electrons. The van der Waals surface area contributed by atoms with Crippen molar-refractivity contribution in [1.29, 1.82) is 0 Å². The van der Waals surface area contributed by atoms with Crippen molar-refractivity contribution in [1.82, 2.24) is 0 Å². The van der Waals surface area contributed by atoms with Crippen LogP contribution >= 0.6 is 23.5 Å². The Balaban J connectivity index is 0.922. The Kier molecular flexibility index (Phi) is 4.75. The lowest BCUT2D eigenvalue weighted by Gasteiger charge is -2.27. The normalized spacial score (nSPS) is 47.7. The minimum atomic E-state index is -0.278. The van der Waals surface area contributed by atoms with Gasteiger partial charge in [-0.1, -0.05) is 0 Å². The molecule has 10 atom stereocenters. The van der Waals surface area contributed by atoms with E-state index in [1.807, 2.05) is 23.5 Å². The predicted molar refractivity (Wildman–Crippen MR) is 110 cm³/mol. The van der Waals surface area contributed by atoms with E-state index in [1.54, 1.807) is 0 Å². The van der Waals surface area contributed by atoms with E-state index in [0.717, 1.165) is 50.0 Å². The maximum absolute atomic E-state index is 12.0. The van der Waals surface area contributed by atoms with Crippen molar-refractivity contribution in [2.24, 2.45) is 47.3 Å². The van der Waals surface area contributed by atoms with Crippen LogP contribution in [-0.2, 0) is 28.7 Å². The Morgan fingerprint density at radius 2 is 1.00 bits per heavy atom. The molecule has 0 aromatic heterocycles. The van der Waals surface area contributed by atoms with Gasteiger partial charge in [0, 0.05) is 10.5 Å². The van der Waals surface area contributed by atoms with E-state index in [1.165, 1.54) is 0 Å². The van der Waals surface area contributed by atoms with E-state index in [2.05, 4.69) is 0 Å². The van der Waals surface area contributed by atoms with Gasteiger partial charge in [0.15, 0.2) is 0 Å². The van der Waals surface area contributed by atoms with E-state index >= 15 is 0 Å². The number of ether oxygens (including phenoxy) is 2. The molecule has 2 saturated heterocycles. The molecular formula is C22H26O6S2. The van der Waals surface area contributed by atoms with Crippen LogP contribution in [0.1, 0.15) is 38.5 Å². The van der Waals surface area contributed by atoms with Gasteiger partial charge in [-0.05, 0) is 73.7 Å². The Bertz CT molecular complexity index is 747. The number of carbonyl (C=O) groups excluding carboxylic acids is 4. The van der Waals surface area contributed by atoms with Crippen LogP contribution in [0, 0.1) is 47.3 Å². The Hall–Kier alpha value is -1.02. The zero-order valence-electron chi connectivity index (χ0n) is 16.7. The quantitative estimate of drug-likeness (QED) is 0.332. The van der Waals surface area contributed by atoms with E-state index in [0.29, 0.717) is 34.2 Å². The first-order chi connectivity index (χ1) is 14.5. The summed E-state index contributed by atoms with van der Waals surface area (Å²) in [5, 5.41) is 0.992. The molecule has 4 bridgehead atoms. The lowest BCUT2D eigenvalue weighted by Crippen LogP contribution is -2.32. The third-order valence-corrected chi connectivity index (χ3v) is 11.6. The van der Waals surface area contributed by atoms with Gasteiger partial charge in [0.2, 0.25) is 0 Å². The molecule has 6 fully saturated rings. The molecule has 2 aliphatic heterocycles. The van der Waals surface area contributed by atoms with Crippen LogP contribution in [-0.4, -0.2) is 45.9 Å². The summed E-state index contributed by atoms with van der Waals surface area (Å²) >= 11 is 3.96. The van der Waals surface area contributed by atoms with Crippen molar-refractivity contribution in [3.05, 3.63) is 0 Å². The smallest absolute Gasteiger partial charge is 0.317 e. The zero-order valence-corrected chi connectivity index (χ0v) is 18.3. The predicted octanol–water partition coefficient (Wildman–Crippen LogP) is 2.68. The van der Waals surface area contributed by atoms with Gasteiger partial charge in [0.1, 0.15) is 0 Å². The summed E-state index contributed by atoms with van der Waals surface area (Å²) < 4.78 is 9.77. The third kappa shape index (κ3) is 2.85. The summed E-state index contributed by atoms with van der Waals surface area (Å²) in [6.45, 7) is 0. The molecule has 0 aromatic carbocycles. The van der Waals surface area contributed by atoms with Gasteiger partial charge in [-0.15, -0.1) is 0 Å². The molecule has 6 aliphatic rings. The molecule has 2 heterocycles. The largest absolute Gasteiger partial charge is 0.393 e. The number of thioether (sulfide) groups is 2. The Morgan fingerprint density at radius 3 is 1.43 bits per heavy atom. The van der Waals surface area contributed by atoms with Crippen LogP contribution in [0.25, 0.3) is 0 Å². The molecule has 6 nitrogen and oxygen atoms in total. The van der Waals surface area contributed by atoms with Crippen LogP contribution in [0.15, 0.2) is 0 Å². The van der Waals surface area contributed by atoms with Crippen LogP contribution < -0.4 is 0 Å². The number of hydrogen-bond acceptors (Lipinski definition) is 8. The lowest BCUT2D eigenvalue weighted by atomic mass is 9.81. The van der Waals surface area contributed by atoms with Crippen LogP contribution in [0.4, 0.5) is 0 Å². The van der Waals surface area contributed by atoms with Gasteiger partial charge in [0.05, 0.1) is 23.7 Å². The minimum absolute atomic E-state index is 0.149. The molecule has 0 N–H and O–H groups in total. The van der Waals surface area contributed by atoms with Crippen molar-refractivity contribution in [3.8, 4) is 0 Å². The van der Waals surface area contributed by atoms with Crippen molar-refractivity contribution < 1.29 is 28.7 Å². The summed E-state index contributed by atoms with van der Waals surface area (Å²) in [6.07, 6.45) is 6.43. The topological polar surface area (TPSA) is 86.7 Å². The van der Waals surface area contributed by atoms with Gasteiger partial charge in [-0.2, -0.15) is 23.5 Å². The van der Waals surface area contributed by atoms with E-state index < -0.39 is 0 Å². The third-order valence-electron chi connectivity index (χ3n) is 8.58. The zero-order chi connectivity index (χ0) is 20.6. The maximum atomic E-state index is 12.0. The van der Waals surface area contributed by atoms with Gasteiger partial charge in [0.25, 0.3) is 0 Å². The standard InChI is InChI=1S/C22H26O6S2/c23-19-15-9-5-11(17(15)21(25)27-19)13(7-9)29-3-1-2-4-30-14-8-10-6-12(14)18-16(10)20(24)28-22(18)26/h9-18H,1-8H2. The molecule has 0 amide bonds. The molecule has 0 spiro atoms. The van der Waals surface area contributed by atoms with Crippen molar-refractivity contribution in [2.45, 2.75) is 49.0 Å². The highest BCUT2D eigenvalue weighted by atomic mass is 32.2. The summed E-state index contributed by atoms with van der Waals surface area (Å²) in [6, 6.07) is 0. The summed E-state index contributed by atoms with van der Waals surface area (Å²) in [5.41, 5.74) is 0. The molecule has 4 saturated carbocycles. The van der Waals surface area contributed by atoms with Crippen molar-refractivity contribution >= 4 is 47.4 Å². The average molecular weight is 451 g/mol. The molecule has 6 rings (SSSR count). The van der Waals surface area contributed by atoms with E-state index in [-0.39, 0.29) is 47.5 Å². The van der Waals surface area contributed by atoms with Gasteiger partial charge < -0.3 is 9.47 Å². The first-order valence-corrected chi connectivity index (χ1v) is 13.4. The van der Waals surface area contributed by atoms with Gasteiger partial charge in [-0.25, -0.2) is 0 Å². The maximum Gasteiger partial charge on any atom is 0.317 e. The number of hydrogen-bond donors (Lipinski definition) is 0. The molecule has 4 aliphatic carbocycles. The fraction of sp³-hybridized carbons (Fsp3) is 0.818. The SMILES string of the molecule is O=C1OC(=O)C2C3CC(CC3SCCCCSC3CC4CC3C3C(=O)OC(=O)C43)C12. The highest BCUT2D eigenvalue weighted by Gasteiger charge is 2.64. The first kappa shape index (κ1) is 19.6. The molecule has 10 unspecified atom stereocenters. The Labute approximate surface area is 183 Å². The van der Waals surface area contributed by atoms with Crippen LogP contribution in [0.5, 0.6) is 0 Å². The number of carbonyl (C=O) groups is 4. The van der Waals surface area contributed by atoms with Crippen LogP contribution in [0.2, 0.25) is 0 Å². The van der Waals surface area contributed by atoms with E-state index in [4.69, 9.17) is 9.47 Å². The Morgan fingerprint density at radius 1 is 0.600 bits per heavy atom. The second kappa shape index (κ2) is 7.26. The second-order valence-corrected chi connectivity index (χ2v) is 12.6. The summed E-state index contributed by atoms with van der Waals surface area (Å²) in [5.74, 6) is 1.80. The van der Waals surface area contributed by atoms with Gasteiger partial charge in [-0.3, -0.25) is 19.2 Å². The molecule has 30 heavy (non-hydrogen) atoms. The van der Waals surface area contributed by atoms with Crippen molar-refractivity contribution in [2.75, 3.05) is 11.5 Å². The fourth-order valence-corrected chi connectivity index (χ4v) is 10.6. The molecule has 0 aromatic rings. The number of unbranched alkanes of at least 4 members (excludes halogenated alkanes) is 1.